The van der Waals surface area contributed by atoms with Crippen LogP contribution in [0.15, 0.2) is 6.20 Å². The number of methoxy groups -OCH3 is 1. The molecule has 0 saturated carbocycles. The molecule has 0 fully saturated rings. The largest absolute Gasteiger partial charge is 0.493 e. The minimum absolute atomic E-state index is 0.0117. The summed E-state index contributed by atoms with van der Waals surface area (Å²) in [6, 6.07) is -0.132. The number of rotatable bonds is 6. The number of aromatic nitrogens is 2. The Balaban J connectivity index is 2.91. The lowest BCUT2D eigenvalue weighted by Gasteiger charge is -2.15. The van der Waals surface area contributed by atoms with Gasteiger partial charge in [0.1, 0.15) is 5.69 Å². The molecule has 17 heavy (non-hydrogen) atoms. The summed E-state index contributed by atoms with van der Waals surface area (Å²) in [4.78, 5) is 12.2. The number of ketones is 1. The standard InChI is InChI=1S/C12H21N3O2/c1-5-15-12(11(17-4)7-14-15)10(16)6-9(13)8(2)3/h7-9H,5-6,13H2,1-4H3. The summed E-state index contributed by atoms with van der Waals surface area (Å²) in [5, 5.41) is 4.11. The lowest BCUT2D eigenvalue weighted by molar-refractivity contribution is 0.0954. The van der Waals surface area contributed by atoms with Gasteiger partial charge in [0.05, 0.1) is 13.3 Å². The SMILES string of the molecule is CCn1ncc(OC)c1C(=O)CC(N)C(C)C. The third-order valence-corrected chi connectivity index (χ3v) is 2.87. The maximum Gasteiger partial charge on any atom is 0.186 e. The molecule has 0 saturated heterocycles. The molecule has 0 aliphatic heterocycles. The molecule has 1 unspecified atom stereocenters. The Kier molecular flexibility index (Phi) is 4.69. The Morgan fingerprint density at radius 2 is 2.24 bits per heavy atom. The number of ether oxygens (including phenoxy) is 1. The predicted molar refractivity (Wildman–Crippen MR) is 66.2 cm³/mol. The summed E-state index contributed by atoms with van der Waals surface area (Å²) < 4.78 is 6.79. The van der Waals surface area contributed by atoms with E-state index in [1.807, 2.05) is 20.8 Å². The number of aryl methyl sites for hydroxylation is 1. The summed E-state index contributed by atoms with van der Waals surface area (Å²) >= 11 is 0. The Hall–Kier alpha value is -1.36. The number of carbonyl (C=O) groups is 1. The van der Waals surface area contributed by atoms with Crippen LogP contribution in [0.4, 0.5) is 0 Å². The Morgan fingerprint density at radius 1 is 1.59 bits per heavy atom. The molecule has 96 valence electrons. The maximum atomic E-state index is 12.2. The highest BCUT2D eigenvalue weighted by Gasteiger charge is 2.21. The van der Waals surface area contributed by atoms with Crippen molar-refractivity contribution in [3.05, 3.63) is 11.9 Å². The van der Waals surface area contributed by atoms with Gasteiger partial charge in [0.25, 0.3) is 0 Å². The molecule has 0 radical (unpaired) electrons. The molecule has 0 amide bonds. The van der Waals surface area contributed by atoms with Crippen LogP contribution < -0.4 is 10.5 Å². The van der Waals surface area contributed by atoms with Crippen LogP contribution in [0, 0.1) is 5.92 Å². The van der Waals surface area contributed by atoms with Crippen LogP contribution in [0.3, 0.4) is 0 Å². The van der Waals surface area contributed by atoms with Crippen LogP contribution >= 0.6 is 0 Å². The van der Waals surface area contributed by atoms with Gasteiger partial charge in [-0.1, -0.05) is 13.8 Å². The molecular weight excluding hydrogens is 218 g/mol. The van der Waals surface area contributed by atoms with Gasteiger partial charge in [-0.15, -0.1) is 0 Å². The highest BCUT2D eigenvalue weighted by molar-refractivity contribution is 5.97. The lowest BCUT2D eigenvalue weighted by atomic mass is 9.98. The van der Waals surface area contributed by atoms with Gasteiger partial charge >= 0.3 is 0 Å². The van der Waals surface area contributed by atoms with E-state index in [1.165, 1.54) is 7.11 Å². The number of Topliss-reactive ketones (excluding diaryl/α,β-unsaturated/α-hetero) is 1. The van der Waals surface area contributed by atoms with Gasteiger partial charge in [-0.25, -0.2) is 0 Å². The fraction of sp³-hybridized carbons (Fsp3) is 0.667. The zero-order valence-corrected chi connectivity index (χ0v) is 10.9. The quantitative estimate of drug-likeness (QED) is 0.763. The van der Waals surface area contributed by atoms with Gasteiger partial charge < -0.3 is 10.5 Å². The highest BCUT2D eigenvalue weighted by atomic mass is 16.5. The fourth-order valence-electron chi connectivity index (χ4n) is 1.59. The smallest absolute Gasteiger partial charge is 0.186 e. The molecular formula is C12H21N3O2. The van der Waals surface area contributed by atoms with E-state index in [4.69, 9.17) is 10.5 Å². The van der Waals surface area contributed by atoms with Gasteiger partial charge in [-0.3, -0.25) is 9.48 Å². The second-order valence-electron chi connectivity index (χ2n) is 4.41. The molecule has 0 spiro atoms. The minimum atomic E-state index is -0.132. The molecule has 1 atom stereocenters. The second kappa shape index (κ2) is 5.82. The maximum absolute atomic E-state index is 12.2. The van der Waals surface area contributed by atoms with E-state index in [0.717, 1.165) is 0 Å². The number of nitrogens with zero attached hydrogens (tertiary/aromatic N) is 2. The minimum Gasteiger partial charge on any atom is -0.493 e. The molecule has 1 aromatic rings. The normalized spacial score (nSPS) is 12.8. The molecule has 0 aliphatic carbocycles. The van der Waals surface area contributed by atoms with Gasteiger partial charge in [-0.05, 0) is 12.8 Å². The van der Waals surface area contributed by atoms with E-state index in [0.29, 0.717) is 24.4 Å². The van der Waals surface area contributed by atoms with Crippen LogP contribution in [0.1, 0.15) is 37.7 Å². The summed E-state index contributed by atoms with van der Waals surface area (Å²) in [7, 11) is 1.54. The molecule has 1 heterocycles. The van der Waals surface area contributed by atoms with Crippen LogP contribution in [-0.4, -0.2) is 28.7 Å². The van der Waals surface area contributed by atoms with Gasteiger partial charge in [-0.2, -0.15) is 5.10 Å². The van der Waals surface area contributed by atoms with Crippen molar-refractivity contribution in [2.24, 2.45) is 11.7 Å². The number of carbonyl (C=O) groups excluding carboxylic acids is 1. The molecule has 0 bridgehead atoms. The zero-order chi connectivity index (χ0) is 13.0. The zero-order valence-electron chi connectivity index (χ0n) is 10.9. The summed E-state index contributed by atoms with van der Waals surface area (Å²) in [5.74, 6) is 0.790. The van der Waals surface area contributed by atoms with Crippen molar-refractivity contribution in [3.8, 4) is 5.75 Å². The van der Waals surface area contributed by atoms with Crippen molar-refractivity contribution >= 4 is 5.78 Å². The van der Waals surface area contributed by atoms with E-state index >= 15 is 0 Å². The summed E-state index contributed by atoms with van der Waals surface area (Å²) in [5.41, 5.74) is 6.43. The number of nitrogens with two attached hydrogens (primary N) is 1. The number of hydrogen-bond acceptors (Lipinski definition) is 4. The van der Waals surface area contributed by atoms with Crippen molar-refractivity contribution in [2.45, 2.75) is 39.8 Å². The molecule has 5 heteroatoms. The van der Waals surface area contributed by atoms with Crippen molar-refractivity contribution in [1.82, 2.24) is 9.78 Å². The first-order valence-electron chi connectivity index (χ1n) is 5.89. The average molecular weight is 239 g/mol. The van der Waals surface area contributed by atoms with E-state index in [2.05, 4.69) is 5.10 Å². The average Bonchev–Trinajstić information content (AvgIpc) is 2.71. The van der Waals surface area contributed by atoms with Crippen LogP contribution in [0.25, 0.3) is 0 Å². The third kappa shape index (κ3) is 3.06. The van der Waals surface area contributed by atoms with Crippen LogP contribution in [-0.2, 0) is 6.54 Å². The Morgan fingerprint density at radius 3 is 2.71 bits per heavy atom. The van der Waals surface area contributed by atoms with Crippen molar-refractivity contribution in [2.75, 3.05) is 7.11 Å². The monoisotopic (exact) mass is 239 g/mol. The van der Waals surface area contributed by atoms with E-state index in [-0.39, 0.29) is 17.7 Å². The lowest BCUT2D eigenvalue weighted by Crippen LogP contribution is -2.30. The van der Waals surface area contributed by atoms with E-state index < -0.39 is 0 Å². The Bertz CT molecular complexity index is 364. The summed E-state index contributed by atoms with van der Waals surface area (Å²) in [6.45, 7) is 6.59. The molecule has 0 aliphatic rings. The predicted octanol–water partition coefficient (Wildman–Crippen LogP) is 1.47. The second-order valence-corrected chi connectivity index (χ2v) is 4.41. The molecule has 5 nitrogen and oxygen atoms in total. The topological polar surface area (TPSA) is 70.1 Å². The summed E-state index contributed by atoms with van der Waals surface area (Å²) in [6.07, 6.45) is 1.89. The van der Waals surface area contributed by atoms with Gasteiger partial charge in [0.2, 0.25) is 0 Å². The third-order valence-electron chi connectivity index (χ3n) is 2.87. The molecule has 2 N–H and O–H groups in total. The Labute approximate surface area is 102 Å². The van der Waals surface area contributed by atoms with E-state index in [9.17, 15) is 4.79 Å². The van der Waals surface area contributed by atoms with Gasteiger partial charge in [0, 0.05) is 19.0 Å². The van der Waals surface area contributed by atoms with Crippen molar-refractivity contribution < 1.29 is 9.53 Å². The molecule has 1 aromatic heterocycles. The first-order valence-corrected chi connectivity index (χ1v) is 5.89. The van der Waals surface area contributed by atoms with Crippen molar-refractivity contribution in [3.63, 3.8) is 0 Å². The van der Waals surface area contributed by atoms with Crippen molar-refractivity contribution in [1.29, 1.82) is 0 Å². The van der Waals surface area contributed by atoms with Crippen LogP contribution in [0.2, 0.25) is 0 Å². The number of hydrogen-bond donors (Lipinski definition) is 1. The highest BCUT2D eigenvalue weighted by Crippen LogP contribution is 2.20. The molecule has 0 aromatic carbocycles. The van der Waals surface area contributed by atoms with E-state index in [1.54, 1.807) is 10.9 Å². The molecule has 1 rings (SSSR count). The first kappa shape index (κ1) is 13.7. The fourth-order valence-corrected chi connectivity index (χ4v) is 1.59. The van der Waals surface area contributed by atoms with Crippen LogP contribution in [0.5, 0.6) is 5.75 Å². The van der Waals surface area contributed by atoms with Gasteiger partial charge in [0.15, 0.2) is 11.5 Å². The first-order chi connectivity index (χ1) is 8.01.